The number of amides is 2. The molecule has 6 rings (SSSR count). The largest absolute Gasteiger partial charge is 0.354 e. The molecule has 0 heterocycles. The molecule has 2 amide bonds. The highest BCUT2D eigenvalue weighted by Crippen LogP contribution is 2.60. The fourth-order valence-electron chi connectivity index (χ4n) is 7.82. The Bertz CT molecular complexity index is 1270. The maximum atomic E-state index is 13.7. The fourth-order valence-corrected chi connectivity index (χ4v) is 8.67. The van der Waals surface area contributed by atoms with Gasteiger partial charge in [0, 0.05) is 13.1 Å². The van der Waals surface area contributed by atoms with Crippen molar-refractivity contribution >= 4 is 27.5 Å². The van der Waals surface area contributed by atoms with E-state index in [-0.39, 0.29) is 24.4 Å². The lowest BCUT2D eigenvalue weighted by Crippen LogP contribution is -2.51. The molecule has 0 aromatic heterocycles. The third kappa shape index (κ3) is 6.07. The highest BCUT2D eigenvalue weighted by molar-refractivity contribution is 7.92. The van der Waals surface area contributed by atoms with Crippen LogP contribution in [0.4, 0.5) is 5.69 Å². The summed E-state index contributed by atoms with van der Waals surface area (Å²) in [5, 5.41) is 2.86. The lowest BCUT2D eigenvalue weighted by atomic mass is 9.48. The molecule has 4 aliphatic carbocycles. The fraction of sp³-hybridized carbons (Fsp3) is 0.562. The van der Waals surface area contributed by atoms with Crippen molar-refractivity contribution in [3.8, 4) is 0 Å². The predicted octanol–water partition coefficient (Wildman–Crippen LogP) is 4.86. The van der Waals surface area contributed by atoms with Gasteiger partial charge in [-0.05, 0) is 98.3 Å². The standard InChI is InChI=1S/C32H43N3O4S/c1-4-14-33-31(37)23(2)34(21-24-8-6-5-7-9-24)30(36)22-35(40(3,38)39)29-12-10-28(11-13-29)32-18-25-15-26(19-32)17-27(16-25)20-32/h5-13,23,25-27H,4,14-22H2,1-3H3,(H,33,37). The number of sulfonamides is 1. The third-order valence-corrected chi connectivity index (χ3v) is 10.5. The number of carbonyl (C=O) groups excluding carboxylic acids is 2. The molecule has 40 heavy (non-hydrogen) atoms. The van der Waals surface area contributed by atoms with E-state index in [0.29, 0.717) is 12.2 Å². The summed E-state index contributed by atoms with van der Waals surface area (Å²) >= 11 is 0. The second kappa shape index (κ2) is 11.6. The van der Waals surface area contributed by atoms with Crippen LogP contribution in [0.25, 0.3) is 0 Å². The van der Waals surface area contributed by atoms with Gasteiger partial charge < -0.3 is 10.2 Å². The lowest BCUT2D eigenvalue weighted by molar-refractivity contribution is -0.139. The Morgan fingerprint density at radius 2 is 1.52 bits per heavy atom. The molecule has 0 saturated heterocycles. The molecular weight excluding hydrogens is 522 g/mol. The summed E-state index contributed by atoms with van der Waals surface area (Å²) in [5.41, 5.74) is 2.87. The number of hydrogen-bond donors (Lipinski definition) is 1. The van der Waals surface area contributed by atoms with Crippen LogP contribution in [0.15, 0.2) is 54.6 Å². The average Bonchev–Trinajstić information content (AvgIpc) is 2.92. The zero-order valence-corrected chi connectivity index (χ0v) is 24.8. The lowest BCUT2D eigenvalue weighted by Gasteiger charge is -2.57. The molecule has 2 aromatic rings. The molecule has 216 valence electrons. The van der Waals surface area contributed by atoms with E-state index in [0.717, 1.165) is 36.0 Å². The highest BCUT2D eigenvalue weighted by Gasteiger charge is 2.51. The summed E-state index contributed by atoms with van der Waals surface area (Å²) < 4.78 is 27.1. The van der Waals surface area contributed by atoms with E-state index in [2.05, 4.69) is 17.4 Å². The normalized spacial score (nSPS) is 25.8. The first-order valence-electron chi connectivity index (χ1n) is 14.8. The molecule has 8 heteroatoms. The number of carbonyl (C=O) groups is 2. The first-order chi connectivity index (χ1) is 19.1. The van der Waals surface area contributed by atoms with Gasteiger partial charge in [0.05, 0.1) is 11.9 Å². The number of rotatable bonds is 11. The summed E-state index contributed by atoms with van der Waals surface area (Å²) in [5.74, 6) is 1.80. The topological polar surface area (TPSA) is 86.8 Å². The molecular formula is C32H43N3O4S. The number of hydrogen-bond acceptors (Lipinski definition) is 4. The number of anilines is 1. The summed E-state index contributed by atoms with van der Waals surface area (Å²) in [6.07, 6.45) is 9.73. The number of nitrogens with zero attached hydrogens (tertiary/aromatic N) is 2. The Morgan fingerprint density at radius 3 is 2.05 bits per heavy atom. The molecule has 1 N–H and O–H groups in total. The van der Waals surface area contributed by atoms with Crippen molar-refractivity contribution in [1.29, 1.82) is 0 Å². The van der Waals surface area contributed by atoms with Crippen LogP contribution >= 0.6 is 0 Å². The van der Waals surface area contributed by atoms with E-state index >= 15 is 0 Å². The summed E-state index contributed by atoms with van der Waals surface area (Å²) in [6.45, 7) is 4.02. The van der Waals surface area contributed by atoms with Gasteiger partial charge in [0.1, 0.15) is 12.6 Å². The Labute approximate surface area is 239 Å². The van der Waals surface area contributed by atoms with Crippen molar-refractivity contribution in [3.63, 3.8) is 0 Å². The minimum Gasteiger partial charge on any atom is -0.354 e. The minimum atomic E-state index is -3.75. The van der Waals surface area contributed by atoms with Gasteiger partial charge in [0.2, 0.25) is 21.8 Å². The number of benzene rings is 2. The van der Waals surface area contributed by atoms with E-state index < -0.39 is 22.0 Å². The Balaban J connectivity index is 1.37. The molecule has 0 aliphatic heterocycles. The van der Waals surface area contributed by atoms with Crippen LogP contribution in [0.5, 0.6) is 0 Å². The van der Waals surface area contributed by atoms with Gasteiger partial charge in [-0.2, -0.15) is 0 Å². The zero-order valence-electron chi connectivity index (χ0n) is 24.0. The van der Waals surface area contributed by atoms with Crippen molar-refractivity contribution in [2.75, 3.05) is 23.7 Å². The first-order valence-corrected chi connectivity index (χ1v) is 16.6. The van der Waals surface area contributed by atoms with Crippen molar-refractivity contribution in [1.82, 2.24) is 10.2 Å². The van der Waals surface area contributed by atoms with Crippen LogP contribution < -0.4 is 9.62 Å². The SMILES string of the molecule is CCCNC(=O)C(C)N(Cc1ccccc1)C(=O)CN(c1ccc(C23CC4CC(CC(C4)C2)C3)cc1)S(C)(=O)=O. The van der Waals surface area contributed by atoms with Gasteiger partial charge in [-0.25, -0.2) is 8.42 Å². The van der Waals surface area contributed by atoms with E-state index in [1.807, 2.05) is 49.4 Å². The van der Waals surface area contributed by atoms with Gasteiger partial charge in [-0.3, -0.25) is 13.9 Å². The van der Waals surface area contributed by atoms with Crippen molar-refractivity contribution in [2.45, 2.75) is 76.8 Å². The monoisotopic (exact) mass is 565 g/mol. The first kappa shape index (κ1) is 28.7. The Hall–Kier alpha value is -2.87. The smallest absolute Gasteiger partial charge is 0.244 e. The second-order valence-electron chi connectivity index (χ2n) is 12.5. The second-order valence-corrected chi connectivity index (χ2v) is 14.4. The van der Waals surface area contributed by atoms with Crippen LogP contribution in [-0.2, 0) is 31.6 Å². The van der Waals surface area contributed by atoms with Gasteiger partial charge in [0.25, 0.3) is 0 Å². The summed E-state index contributed by atoms with van der Waals surface area (Å²) in [7, 11) is -3.75. The molecule has 0 spiro atoms. The third-order valence-electron chi connectivity index (χ3n) is 9.40. The van der Waals surface area contributed by atoms with E-state index in [1.54, 1.807) is 6.92 Å². The maximum Gasteiger partial charge on any atom is 0.244 e. The van der Waals surface area contributed by atoms with Crippen molar-refractivity contribution < 1.29 is 18.0 Å². The Morgan fingerprint density at radius 1 is 0.950 bits per heavy atom. The van der Waals surface area contributed by atoms with Crippen LogP contribution in [0.1, 0.15) is 69.9 Å². The van der Waals surface area contributed by atoms with Crippen molar-refractivity contribution in [2.24, 2.45) is 17.8 Å². The van der Waals surface area contributed by atoms with Crippen LogP contribution in [0.3, 0.4) is 0 Å². The predicted molar refractivity (Wildman–Crippen MR) is 158 cm³/mol. The minimum absolute atomic E-state index is 0.211. The molecule has 4 fully saturated rings. The molecule has 2 aromatic carbocycles. The van der Waals surface area contributed by atoms with E-state index in [1.165, 1.54) is 53.3 Å². The molecule has 0 radical (unpaired) electrons. The van der Waals surface area contributed by atoms with Crippen molar-refractivity contribution in [3.05, 3.63) is 65.7 Å². The Kier molecular flexibility index (Phi) is 8.27. The quantitative estimate of drug-likeness (QED) is 0.422. The summed E-state index contributed by atoms with van der Waals surface area (Å²) in [4.78, 5) is 28.1. The van der Waals surface area contributed by atoms with Gasteiger partial charge >= 0.3 is 0 Å². The number of nitrogens with one attached hydrogen (secondary N) is 1. The highest BCUT2D eigenvalue weighted by atomic mass is 32.2. The van der Waals surface area contributed by atoms with E-state index in [9.17, 15) is 18.0 Å². The summed E-state index contributed by atoms with van der Waals surface area (Å²) in [6, 6.07) is 16.6. The maximum absolute atomic E-state index is 13.7. The van der Waals surface area contributed by atoms with Gasteiger partial charge in [0.15, 0.2) is 0 Å². The molecule has 4 saturated carbocycles. The van der Waals surface area contributed by atoms with Crippen LogP contribution in [0, 0.1) is 17.8 Å². The molecule has 7 nitrogen and oxygen atoms in total. The molecule has 4 aliphatic rings. The zero-order chi connectivity index (χ0) is 28.5. The average molecular weight is 566 g/mol. The van der Waals surface area contributed by atoms with Gasteiger partial charge in [-0.1, -0.05) is 49.4 Å². The van der Waals surface area contributed by atoms with Gasteiger partial charge in [-0.15, -0.1) is 0 Å². The van der Waals surface area contributed by atoms with Crippen LogP contribution in [-0.4, -0.2) is 50.5 Å². The molecule has 1 atom stereocenters. The molecule has 1 unspecified atom stereocenters. The molecule has 4 bridgehead atoms. The van der Waals surface area contributed by atoms with Crippen LogP contribution in [0.2, 0.25) is 0 Å². The van der Waals surface area contributed by atoms with E-state index in [4.69, 9.17) is 0 Å².